The molecule has 0 saturated heterocycles. The Hall–Kier alpha value is -3.44. The third kappa shape index (κ3) is 61.1. The van der Waals surface area contributed by atoms with Crippen LogP contribution in [0, 0.1) is 0 Å². The Morgan fingerprint density at radius 1 is 0.324 bits per heavy atom. The number of allylic oxidation sites excluding steroid dienone is 18. The minimum atomic E-state index is -0.797. The molecule has 0 aliphatic rings. The number of rotatable bonds is 57. The van der Waals surface area contributed by atoms with Crippen molar-refractivity contribution >= 4 is 11.9 Å². The van der Waals surface area contributed by atoms with Gasteiger partial charge in [-0.15, -0.1) is 0 Å². The van der Waals surface area contributed by atoms with E-state index in [1.165, 1.54) is 173 Å². The zero-order chi connectivity index (χ0) is 53.4. The lowest BCUT2D eigenvalue weighted by Crippen LogP contribution is -2.28. The van der Waals surface area contributed by atoms with Gasteiger partial charge in [-0.2, -0.15) is 0 Å². The lowest BCUT2D eigenvalue weighted by atomic mass is 10.0. The molecule has 0 rings (SSSR count). The van der Waals surface area contributed by atoms with E-state index in [-0.39, 0.29) is 25.2 Å². The number of carbonyl (C=O) groups is 2. The Morgan fingerprint density at radius 3 is 0.892 bits per heavy atom. The maximum atomic E-state index is 12.3. The van der Waals surface area contributed by atoms with Crippen molar-refractivity contribution in [1.29, 1.82) is 0 Å². The van der Waals surface area contributed by atoms with E-state index in [9.17, 15) is 14.7 Å². The van der Waals surface area contributed by atoms with E-state index in [0.29, 0.717) is 12.8 Å². The molecule has 0 spiro atoms. The van der Waals surface area contributed by atoms with E-state index in [1.54, 1.807) is 0 Å². The summed E-state index contributed by atoms with van der Waals surface area (Å²) >= 11 is 0. The molecule has 0 aliphatic carbocycles. The highest BCUT2D eigenvalue weighted by Crippen LogP contribution is 2.17. The van der Waals surface area contributed by atoms with Crippen LogP contribution in [0.15, 0.2) is 109 Å². The SMILES string of the molecule is CC/C=C\C/C=C\C/C=C\C/C=C\C/C=C\C/C=C\C/C=C\CCCCCC(=O)OC(CO)COC(=O)CCCCCCCCCCCCCCCCCCCCCCCCC/C=C\C/C=C\CCCCCCC. The van der Waals surface area contributed by atoms with E-state index in [2.05, 4.69) is 123 Å². The van der Waals surface area contributed by atoms with Gasteiger partial charge in [0.05, 0.1) is 6.61 Å². The largest absolute Gasteiger partial charge is 0.462 e. The first-order valence-corrected chi connectivity index (χ1v) is 31.4. The Balaban J connectivity index is 3.50. The van der Waals surface area contributed by atoms with Crippen LogP contribution < -0.4 is 0 Å². The van der Waals surface area contributed by atoms with Crippen molar-refractivity contribution in [2.75, 3.05) is 13.2 Å². The van der Waals surface area contributed by atoms with E-state index in [0.717, 1.165) is 96.3 Å². The van der Waals surface area contributed by atoms with Gasteiger partial charge in [-0.1, -0.05) is 290 Å². The van der Waals surface area contributed by atoms with Crippen molar-refractivity contribution in [2.24, 2.45) is 0 Å². The predicted molar refractivity (Wildman–Crippen MR) is 325 cm³/mol. The van der Waals surface area contributed by atoms with E-state index >= 15 is 0 Å². The van der Waals surface area contributed by atoms with Crippen LogP contribution in [0.1, 0.15) is 296 Å². The highest BCUT2D eigenvalue weighted by atomic mass is 16.6. The molecule has 0 aromatic carbocycles. The molecular formula is C69H118O5. The van der Waals surface area contributed by atoms with Gasteiger partial charge in [0.15, 0.2) is 6.10 Å². The normalized spacial score (nSPS) is 13.0. The van der Waals surface area contributed by atoms with Crippen molar-refractivity contribution in [3.05, 3.63) is 109 Å². The second-order valence-corrected chi connectivity index (χ2v) is 20.8. The fourth-order valence-electron chi connectivity index (χ4n) is 8.86. The van der Waals surface area contributed by atoms with Gasteiger partial charge in [-0.05, 0) is 103 Å². The number of aliphatic hydroxyl groups excluding tert-OH is 1. The smallest absolute Gasteiger partial charge is 0.306 e. The summed E-state index contributed by atoms with van der Waals surface area (Å²) in [7, 11) is 0. The van der Waals surface area contributed by atoms with Gasteiger partial charge in [0, 0.05) is 12.8 Å². The van der Waals surface area contributed by atoms with Gasteiger partial charge < -0.3 is 14.6 Å². The van der Waals surface area contributed by atoms with Crippen molar-refractivity contribution in [3.63, 3.8) is 0 Å². The fourth-order valence-corrected chi connectivity index (χ4v) is 8.86. The Kier molecular flexibility index (Phi) is 60.9. The van der Waals surface area contributed by atoms with Gasteiger partial charge in [0.2, 0.25) is 0 Å². The van der Waals surface area contributed by atoms with Crippen molar-refractivity contribution in [3.8, 4) is 0 Å². The van der Waals surface area contributed by atoms with E-state index in [1.807, 2.05) is 0 Å². The molecular weight excluding hydrogens is 909 g/mol. The van der Waals surface area contributed by atoms with Crippen molar-refractivity contribution in [1.82, 2.24) is 0 Å². The number of unbranched alkanes of at least 4 members (excludes halogenated alkanes) is 31. The van der Waals surface area contributed by atoms with Gasteiger partial charge in [0.1, 0.15) is 6.61 Å². The van der Waals surface area contributed by atoms with Crippen molar-refractivity contribution in [2.45, 2.75) is 302 Å². The number of ether oxygens (including phenoxy) is 2. The molecule has 0 fully saturated rings. The molecule has 5 nitrogen and oxygen atoms in total. The average molecular weight is 1030 g/mol. The third-order valence-corrected chi connectivity index (χ3v) is 13.6. The molecule has 74 heavy (non-hydrogen) atoms. The van der Waals surface area contributed by atoms with Crippen molar-refractivity contribution < 1.29 is 24.2 Å². The van der Waals surface area contributed by atoms with Crippen LogP contribution in [-0.4, -0.2) is 36.4 Å². The van der Waals surface area contributed by atoms with Crippen LogP contribution in [0.4, 0.5) is 0 Å². The third-order valence-electron chi connectivity index (χ3n) is 13.6. The zero-order valence-corrected chi connectivity index (χ0v) is 48.6. The summed E-state index contributed by atoms with van der Waals surface area (Å²) in [6.45, 7) is 4.01. The van der Waals surface area contributed by atoms with Gasteiger partial charge in [-0.25, -0.2) is 0 Å². The molecule has 1 atom stereocenters. The number of carbonyl (C=O) groups excluding carboxylic acids is 2. The lowest BCUT2D eigenvalue weighted by Gasteiger charge is -2.15. The maximum Gasteiger partial charge on any atom is 0.306 e. The topological polar surface area (TPSA) is 72.8 Å². The molecule has 0 heterocycles. The Labute approximate surface area is 459 Å². The minimum Gasteiger partial charge on any atom is -0.462 e. The summed E-state index contributed by atoms with van der Waals surface area (Å²) in [5.41, 5.74) is 0. The second-order valence-electron chi connectivity index (χ2n) is 20.8. The first-order valence-electron chi connectivity index (χ1n) is 31.4. The second kappa shape index (κ2) is 63.8. The Bertz CT molecular complexity index is 1440. The zero-order valence-electron chi connectivity index (χ0n) is 48.6. The number of hydrogen-bond donors (Lipinski definition) is 1. The van der Waals surface area contributed by atoms with Gasteiger partial charge in [-0.3, -0.25) is 9.59 Å². The first kappa shape index (κ1) is 70.6. The summed E-state index contributed by atoms with van der Waals surface area (Å²) in [4.78, 5) is 24.6. The number of aliphatic hydroxyl groups is 1. The molecule has 0 aromatic heterocycles. The summed E-state index contributed by atoms with van der Waals surface area (Å²) in [5.74, 6) is -0.625. The highest BCUT2D eigenvalue weighted by molar-refractivity contribution is 5.70. The van der Waals surface area contributed by atoms with Crippen LogP contribution >= 0.6 is 0 Å². The van der Waals surface area contributed by atoms with Crippen LogP contribution in [0.5, 0.6) is 0 Å². The quantitative estimate of drug-likeness (QED) is 0.0373. The fraction of sp³-hybridized carbons (Fsp3) is 0.710. The monoisotopic (exact) mass is 1030 g/mol. The minimum absolute atomic E-state index is 0.0831. The van der Waals surface area contributed by atoms with Crippen LogP contribution in [0.25, 0.3) is 0 Å². The molecule has 424 valence electrons. The standard InChI is InChI=1S/C69H118O5/c1-3-5-7-9-11-13-15-17-19-21-23-25-27-29-30-31-32-33-34-35-36-37-38-40-41-43-45-47-49-51-53-55-57-59-61-63-68(71)73-66-67(65-70)74-69(72)64-62-60-58-56-54-52-50-48-46-44-42-39-28-26-24-22-20-18-16-14-12-10-8-6-4-2/h6,8,12,14-15,17-18,20-21,23-24,26,39,42,46,48,52,54,67,70H,3-5,7,9-11,13,16,19,22,25,27-38,40-41,43-45,47,49-51,53,55-66H2,1-2H3/b8-6-,14-12-,17-15-,20-18-,23-21-,26-24-,42-39-,48-46-,54-52-. The molecule has 0 amide bonds. The summed E-state index contributed by atoms with van der Waals surface area (Å²) in [5, 5.41) is 9.67. The van der Waals surface area contributed by atoms with Gasteiger partial charge >= 0.3 is 11.9 Å². The number of esters is 2. The van der Waals surface area contributed by atoms with Crippen LogP contribution in [0.2, 0.25) is 0 Å². The molecule has 1 N–H and O–H groups in total. The number of hydrogen-bond acceptors (Lipinski definition) is 5. The Morgan fingerprint density at radius 2 is 0.581 bits per heavy atom. The lowest BCUT2D eigenvalue weighted by molar-refractivity contribution is -0.161. The maximum absolute atomic E-state index is 12.3. The van der Waals surface area contributed by atoms with E-state index < -0.39 is 6.10 Å². The molecule has 0 saturated carbocycles. The van der Waals surface area contributed by atoms with E-state index in [4.69, 9.17) is 9.47 Å². The molecule has 1 unspecified atom stereocenters. The summed E-state index contributed by atoms with van der Waals surface area (Å²) in [6.07, 6.45) is 92.4. The summed E-state index contributed by atoms with van der Waals surface area (Å²) in [6, 6.07) is 0. The highest BCUT2D eigenvalue weighted by Gasteiger charge is 2.16. The van der Waals surface area contributed by atoms with Crippen LogP contribution in [0.3, 0.4) is 0 Å². The predicted octanol–water partition coefficient (Wildman–Crippen LogP) is 21.6. The van der Waals surface area contributed by atoms with Crippen LogP contribution in [-0.2, 0) is 19.1 Å². The molecule has 0 radical (unpaired) electrons. The first-order chi connectivity index (χ1) is 36.6. The summed E-state index contributed by atoms with van der Waals surface area (Å²) < 4.78 is 10.7. The molecule has 0 aromatic rings. The molecule has 5 heteroatoms. The molecule has 0 bridgehead atoms. The molecule has 0 aliphatic heterocycles. The van der Waals surface area contributed by atoms with Gasteiger partial charge in [0.25, 0.3) is 0 Å². The average Bonchev–Trinajstić information content (AvgIpc) is 3.40.